The maximum absolute atomic E-state index is 12.9. The summed E-state index contributed by atoms with van der Waals surface area (Å²) in [4.78, 5) is 0. The minimum absolute atomic E-state index is 0.346. The van der Waals surface area contributed by atoms with Crippen molar-refractivity contribution in [2.24, 2.45) is 0 Å². The molecule has 0 spiro atoms. The van der Waals surface area contributed by atoms with Gasteiger partial charge in [-0.2, -0.15) is 0 Å². The molecule has 5 heteroatoms. The molecule has 2 nitrogen and oxygen atoms in total. The van der Waals surface area contributed by atoms with Crippen LogP contribution in [0.3, 0.4) is 0 Å². The summed E-state index contributed by atoms with van der Waals surface area (Å²) in [5, 5.41) is 3.77. The van der Waals surface area contributed by atoms with Gasteiger partial charge in [0.1, 0.15) is 5.82 Å². The van der Waals surface area contributed by atoms with Gasteiger partial charge in [-0.3, -0.25) is 0 Å². The first-order valence-corrected chi connectivity index (χ1v) is 6.42. The molecule has 18 heavy (non-hydrogen) atoms. The highest BCUT2D eigenvalue weighted by atomic mass is 79.9. The van der Waals surface area contributed by atoms with Crippen LogP contribution in [-0.2, 0) is 0 Å². The number of rotatable bonds is 2. The Morgan fingerprint density at radius 3 is 2.61 bits per heavy atom. The maximum atomic E-state index is 12.9. The zero-order chi connectivity index (χ0) is 13.3. The van der Waals surface area contributed by atoms with Crippen molar-refractivity contribution in [2.45, 2.75) is 6.92 Å². The topological polar surface area (TPSA) is 38.0 Å². The molecule has 0 aliphatic heterocycles. The van der Waals surface area contributed by atoms with Crippen LogP contribution in [0.25, 0.3) is 0 Å². The molecule has 0 saturated heterocycles. The lowest BCUT2D eigenvalue weighted by Crippen LogP contribution is -1.98. The van der Waals surface area contributed by atoms with Gasteiger partial charge in [-0.1, -0.05) is 11.6 Å². The van der Waals surface area contributed by atoms with Crippen LogP contribution >= 0.6 is 27.5 Å². The number of aryl methyl sites for hydroxylation is 1. The number of anilines is 3. The molecule has 0 heterocycles. The predicted octanol–water partition coefficient (Wildman–Crippen LogP) is 4.88. The highest BCUT2D eigenvalue weighted by molar-refractivity contribution is 9.10. The molecule has 2 rings (SSSR count). The number of hydrogen-bond donors (Lipinski definition) is 2. The summed E-state index contributed by atoms with van der Waals surface area (Å²) < 4.78 is 13.8. The Labute approximate surface area is 118 Å². The molecule has 2 aromatic carbocycles. The van der Waals surface area contributed by atoms with Crippen molar-refractivity contribution in [3.8, 4) is 0 Å². The minimum atomic E-state index is -0.362. The second kappa shape index (κ2) is 5.16. The first-order valence-electron chi connectivity index (χ1n) is 5.25. The Hall–Kier alpha value is -1.26. The van der Waals surface area contributed by atoms with Gasteiger partial charge >= 0.3 is 0 Å². The molecule has 0 aliphatic rings. The third-order valence-electron chi connectivity index (χ3n) is 2.53. The highest BCUT2D eigenvalue weighted by Crippen LogP contribution is 2.33. The number of nitrogens with one attached hydrogen (secondary N) is 1. The zero-order valence-corrected chi connectivity index (χ0v) is 11.9. The fourth-order valence-corrected chi connectivity index (χ4v) is 2.26. The second-order valence-corrected chi connectivity index (χ2v) is 5.20. The Bertz CT molecular complexity index is 602. The quantitative estimate of drug-likeness (QED) is 0.771. The van der Waals surface area contributed by atoms with Gasteiger partial charge in [0.15, 0.2) is 0 Å². The first-order chi connectivity index (χ1) is 8.47. The highest BCUT2D eigenvalue weighted by Gasteiger charge is 2.07. The number of benzene rings is 2. The monoisotopic (exact) mass is 328 g/mol. The molecule has 0 aliphatic carbocycles. The van der Waals surface area contributed by atoms with E-state index in [0.29, 0.717) is 16.4 Å². The van der Waals surface area contributed by atoms with Crippen LogP contribution in [0.4, 0.5) is 21.5 Å². The molecule has 0 unspecified atom stereocenters. The van der Waals surface area contributed by atoms with E-state index in [1.807, 2.05) is 13.0 Å². The minimum Gasteiger partial charge on any atom is -0.397 e. The Morgan fingerprint density at radius 2 is 1.94 bits per heavy atom. The smallest absolute Gasteiger partial charge is 0.125 e. The molecule has 0 radical (unpaired) electrons. The molecule has 3 N–H and O–H groups in total. The fraction of sp³-hybridized carbons (Fsp3) is 0.0769. The van der Waals surface area contributed by atoms with E-state index >= 15 is 0 Å². The van der Waals surface area contributed by atoms with Crippen LogP contribution in [0.15, 0.2) is 34.8 Å². The van der Waals surface area contributed by atoms with Crippen molar-refractivity contribution in [3.05, 3.63) is 51.2 Å². The summed E-state index contributed by atoms with van der Waals surface area (Å²) in [6.45, 7) is 1.92. The van der Waals surface area contributed by atoms with Gasteiger partial charge in [0, 0.05) is 9.50 Å². The molecule has 2 aromatic rings. The lowest BCUT2D eigenvalue weighted by molar-refractivity contribution is 0.628. The molecule has 0 amide bonds. The number of halogens is 3. The van der Waals surface area contributed by atoms with Crippen LogP contribution in [0.5, 0.6) is 0 Å². The van der Waals surface area contributed by atoms with Gasteiger partial charge in [0.25, 0.3) is 0 Å². The van der Waals surface area contributed by atoms with Crippen molar-refractivity contribution >= 4 is 44.6 Å². The van der Waals surface area contributed by atoms with Gasteiger partial charge < -0.3 is 11.1 Å². The van der Waals surface area contributed by atoms with E-state index < -0.39 is 0 Å². The molecular weight excluding hydrogens is 319 g/mol. The fourth-order valence-electron chi connectivity index (χ4n) is 1.53. The summed E-state index contributed by atoms with van der Waals surface area (Å²) >= 11 is 9.51. The Morgan fingerprint density at radius 1 is 1.22 bits per heavy atom. The standard InChI is InChI=1S/C13H11BrClFN2/c1-7-4-9(14)13(6-10(7)15)18-12-3-2-8(16)5-11(12)17/h2-6,18H,17H2,1H3. The van der Waals surface area contributed by atoms with E-state index in [1.54, 1.807) is 12.1 Å². The van der Waals surface area contributed by atoms with Crippen LogP contribution in [0.2, 0.25) is 5.02 Å². The number of nitrogen functional groups attached to an aromatic ring is 1. The van der Waals surface area contributed by atoms with Crippen LogP contribution < -0.4 is 11.1 Å². The van der Waals surface area contributed by atoms with Crippen molar-refractivity contribution < 1.29 is 4.39 Å². The maximum Gasteiger partial charge on any atom is 0.125 e. The lowest BCUT2D eigenvalue weighted by Gasteiger charge is -2.12. The SMILES string of the molecule is Cc1cc(Br)c(Nc2ccc(F)cc2N)cc1Cl. The zero-order valence-electron chi connectivity index (χ0n) is 9.60. The predicted molar refractivity (Wildman–Crippen MR) is 78.0 cm³/mol. The van der Waals surface area contributed by atoms with E-state index in [4.69, 9.17) is 17.3 Å². The van der Waals surface area contributed by atoms with Crippen molar-refractivity contribution in [3.63, 3.8) is 0 Å². The molecule has 0 aromatic heterocycles. The molecular formula is C13H11BrClFN2. The van der Waals surface area contributed by atoms with Gasteiger partial charge in [0.05, 0.1) is 17.1 Å². The van der Waals surface area contributed by atoms with Crippen LogP contribution in [0, 0.1) is 12.7 Å². The van der Waals surface area contributed by atoms with Crippen molar-refractivity contribution in [2.75, 3.05) is 11.1 Å². The van der Waals surface area contributed by atoms with Crippen molar-refractivity contribution in [1.82, 2.24) is 0 Å². The van der Waals surface area contributed by atoms with Gasteiger partial charge in [0.2, 0.25) is 0 Å². The van der Waals surface area contributed by atoms with Gasteiger partial charge in [-0.05, 0) is 58.7 Å². The number of nitrogens with two attached hydrogens (primary N) is 1. The summed E-state index contributed by atoms with van der Waals surface area (Å²) in [5.41, 5.74) is 8.47. The van der Waals surface area contributed by atoms with Crippen LogP contribution in [-0.4, -0.2) is 0 Å². The molecule has 0 saturated carbocycles. The summed E-state index contributed by atoms with van der Waals surface area (Å²) in [5.74, 6) is -0.362. The van der Waals surface area contributed by atoms with Gasteiger partial charge in [-0.15, -0.1) is 0 Å². The summed E-state index contributed by atoms with van der Waals surface area (Å²) in [7, 11) is 0. The third kappa shape index (κ3) is 2.76. The average Bonchev–Trinajstić information content (AvgIpc) is 2.29. The first kappa shape index (κ1) is 13.2. The summed E-state index contributed by atoms with van der Waals surface area (Å²) in [6, 6.07) is 7.91. The normalized spacial score (nSPS) is 10.4. The van der Waals surface area contributed by atoms with E-state index in [9.17, 15) is 4.39 Å². The van der Waals surface area contributed by atoms with Crippen molar-refractivity contribution in [1.29, 1.82) is 0 Å². The molecule has 0 fully saturated rings. The van der Waals surface area contributed by atoms with E-state index in [1.165, 1.54) is 12.1 Å². The largest absolute Gasteiger partial charge is 0.397 e. The van der Waals surface area contributed by atoms with E-state index in [-0.39, 0.29) is 5.82 Å². The summed E-state index contributed by atoms with van der Waals surface area (Å²) in [6.07, 6.45) is 0. The van der Waals surface area contributed by atoms with E-state index in [0.717, 1.165) is 15.7 Å². The average molecular weight is 330 g/mol. The second-order valence-electron chi connectivity index (χ2n) is 3.94. The Kier molecular flexibility index (Phi) is 3.78. The third-order valence-corrected chi connectivity index (χ3v) is 3.59. The van der Waals surface area contributed by atoms with Crippen LogP contribution in [0.1, 0.15) is 5.56 Å². The number of hydrogen-bond acceptors (Lipinski definition) is 2. The van der Waals surface area contributed by atoms with Gasteiger partial charge in [-0.25, -0.2) is 4.39 Å². The van der Waals surface area contributed by atoms with E-state index in [2.05, 4.69) is 21.2 Å². The lowest BCUT2D eigenvalue weighted by atomic mass is 10.2. The Balaban J connectivity index is 2.37. The molecule has 0 atom stereocenters. The molecule has 0 bridgehead atoms. The molecule has 94 valence electrons.